The van der Waals surface area contributed by atoms with Gasteiger partial charge < -0.3 is 13.7 Å². The third kappa shape index (κ3) is 5.64. The van der Waals surface area contributed by atoms with Gasteiger partial charge in [0.1, 0.15) is 12.4 Å². The van der Waals surface area contributed by atoms with Gasteiger partial charge in [-0.15, -0.1) is 0 Å². The highest BCUT2D eigenvalue weighted by Crippen LogP contribution is 2.45. The van der Waals surface area contributed by atoms with Crippen LogP contribution in [-0.2, 0) is 6.61 Å². The van der Waals surface area contributed by atoms with Crippen LogP contribution in [0.2, 0.25) is 16.6 Å². The average molecular weight is 591 g/mol. The molecule has 0 saturated heterocycles. The second-order valence-corrected chi connectivity index (χ2v) is 17.9. The number of aromatic nitrogens is 2. The molecule has 6 heteroatoms. The van der Waals surface area contributed by atoms with E-state index in [1.54, 1.807) is 7.11 Å². The van der Waals surface area contributed by atoms with E-state index < -0.39 is 8.24 Å². The zero-order valence-corrected chi connectivity index (χ0v) is 27.3. The standard InChI is InChI=1S/C37H42N2O3Si/c1-25(2)43(26(3)4,27(5)6)39-21-20-33-32(14-11-15-35(33)39)30-22-34(36(40)29-12-9-8-10-13-29)37(38-23-30)42-24-28-16-18-31(41-7)19-17-28/h8-23,25-27H,24H2,1-7H3. The predicted octanol–water partition coefficient (Wildman–Crippen LogP) is 9.55. The number of ether oxygens (including phenoxy) is 2. The fraction of sp³-hybridized carbons (Fsp3) is 0.297. The molecule has 222 valence electrons. The van der Waals surface area contributed by atoms with Crippen molar-refractivity contribution in [2.75, 3.05) is 7.11 Å². The van der Waals surface area contributed by atoms with Crippen LogP contribution in [0.25, 0.3) is 22.0 Å². The third-order valence-electron chi connectivity index (χ3n) is 8.90. The van der Waals surface area contributed by atoms with Crippen LogP contribution in [0.1, 0.15) is 63.0 Å². The van der Waals surface area contributed by atoms with Crippen molar-refractivity contribution in [3.8, 4) is 22.8 Å². The molecule has 0 spiro atoms. The Balaban J connectivity index is 1.60. The molecule has 0 amide bonds. The van der Waals surface area contributed by atoms with Crippen molar-refractivity contribution < 1.29 is 14.3 Å². The van der Waals surface area contributed by atoms with Crippen molar-refractivity contribution in [3.63, 3.8) is 0 Å². The van der Waals surface area contributed by atoms with Gasteiger partial charge in [-0.2, -0.15) is 0 Å². The molecule has 0 bridgehead atoms. The molecule has 0 saturated carbocycles. The number of fused-ring (bicyclic) bond motifs is 1. The lowest BCUT2D eigenvalue weighted by Gasteiger charge is -2.44. The van der Waals surface area contributed by atoms with Crippen LogP contribution in [0.15, 0.2) is 97.3 Å². The Morgan fingerprint density at radius 1 is 0.837 bits per heavy atom. The molecule has 5 nitrogen and oxygen atoms in total. The van der Waals surface area contributed by atoms with Crippen LogP contribution >= 0.6 is 0 Å². The lowest BCUT2D eigenvalue weighted by molar-refractivity contribution is 0.103. The third-order valence-corrected chi connectivity index (χ3v) is 15.7. The Morgan fingerprint density at radius 2 is 1.51 bits per heavy atom. The number of ketones is 1. The van der Waals surface area contributed by atoms with Gasteiger partial charge in [-0.05, 0) is 64.3 Å². The average Bonchev–Trinajstić information content (AvgIpc) is 3.44. The van der Waals surface area contributed by atoms with E-state index in [2.05, 4.69) is 76.2 Å². The Labute approximate surface area is 256 Å². The maximum Gasteiger partial charge on any atom is 0.225 e. The summed E-state index contributed by atoms with van der Waals surface area (Å²) < 4.78 is 14.1. The van der Waals surface area contributed by atoms with E-state index in [4.69, 9.17) is 14.5 Å². The van der Waals surface area contributed by atoms with Gasteiger partial charge in [0.2, 0.25) is 5.88 Å². The maximum absolute atomic E-state index is 13.8. The molecule has 3 aromatic carbocycles. The van der Waals surface area contributed by atoms with Crippen molar-refractivity contribution >= 4 is 24.9 Å². The molecule has 43 heavy (non-hydrogen) atoms. The summed E-state index contributed by atoms with van der Waals surface area (Å²) in [6.45, 7) is 14.6. The number of carbonyl (C=O) groups excluding carboxylic acids is 1. The summed E-state index contributed by atoms with van der Waals surface area (Å²) in [6.07, 6.45) is 4.13. The summed E-state index contributed by atoms with van der Waals surface area (Å²) in [5, 5.41) is 1.17. The predicted molar refractivity (Wildman–Crippen MR) is 179 cm³/mol. The fourth-order valence-electron chi connectivity index (χ4n) is 7.09. The Bertz CT molecular complexity index is 1680. The van der Waals surface area contributed by atoms with E-state index in [9.17, 15) is 4.79 Å². The fourth-order valence-corrected chi connectivity index (χ4v) is 13.7. The number of rotatable bonds is 11. The molecule has 2 aromatic heterocycles. The van der Waals surface area contributed by atoms with Crippen LogP contribution < -0.4 is 9.47 Å². The molecular weight excluding hydrogens is 549 g/mol. The van der Waals surface area contributed by atoms with Crippen LogP contribution in [0.3, 0.4) is 0 Å². The minimum atomic E-state index is -1.95. The van der Waals surface area contributed by atoms with Crippen LogP contribution in [0.4, 0.5) is 0 Å². The molecule has 5 rings (SSSR count). The highest BCUT2D eigenvalue weighted by atomic mass is 28.3. The zero-order chi connectivity index (χ0) is 30.7. The molecule has 0 N–H and O–H groups in total. The van der Waals surface area contributed by atoms with Crippen molar-refractivity contribution in [2.24, 2.45) is 0 Å². The molecular formula is C37H42N2O3Si. The second kappa shape index (κ2) is 12.6. The number of hydrogen-bond donors (Lipinski definition) is 0. The number of benzene rings is 3. The molecule has 0 aliphatic carbocycles. The van der Waals surface area contributed by atoms with Crippen LogP contribution in [0.5, 0.6) is 11.6 Å². The molecule has 2 heterocycles. The first-order chi connectivity index (χ1) is 20.7. The molecule has 0 aliphatic rings. The van der Waals surface area contributed by atoms with E-state index in [1.807, 2.05) is 66.9 Å². The topological polar surface area (TPSA) is 53.4 Å². The lowest BCUT2D eigenvalue weighted by atomic mass is 9.98. The Morgan fingerprint density at radius 3 is 2.14 bits per heavy atom. The first-order valence-corrected chi connectivity index (χ1v) is 17.3. The monoisotopic (exact) mass is 590 g/mol. The summed E-state index contributed by atoms with van der Waals surface area (Å²) in [6, 6.07) is 27.7. The summed E-state index contributed by atoms with van der Waals surface area (Å²) in [7, 11) is -0.308. The Hall–Kier alpha value is -4.16. The van der Waals surface area contributed by atoms with Gasteiger partial charge in [-0.1, -0.05) is 96.1 Å². The SMILES string of the molecule is COc1ccc(COc2ncc(-c3cccc4c3ccn4[Si](C(C)C)(C(C)C)C(C)C)cc2C(=O)c2ccccc2)cc1. The molecule has 0 aliphatic heterocycles. The van der Waals surface area contributed by atoms with Gasteiger partial charge >= 0.3 is 0 Å². The van der Waals surface area contributed by atoms with Gasteiger partial charge in [0.25, 0.3) is 0 Å². The van der Waals surface area contributed by atoms with E-state index in [0.29, 0.717) is 33.6 Å². The number of methoxy groups -OCH3 is 1. The van der Waals surface area contributed by atoms with Gasteiger partial charge in [0.15, 0.2) is 14.0 Å². The van der Waals surface area contributed by atoms with E-state index in [1.165, 1.54) is 10.9 Å². The summed E-state index contributed by atoms with van der Waals surface area (Å²) in [4.78, 5) is 18.6. The van der Waals surface area contributed by atoms with E-state index >= 15 is 0 Å². The smallest absolute Gasteiger partial charge is 0.225 e. The highest BCUT2D eigenvalue weighted by molar-refractivity contribution is 6.82. The van der Waals surface area contributed by atoms with E-state index in [-0.39, 0.29) is 12.4 Å². The van der Waals surface area contributed by atoms with Crippen molar-refractivity contribution in [1.29, 1.82) is 0 Å². The first kappa shape index (κ1) is 30.3. The van der Waals surface area contributed by atoms with Crippen LogP contribution in [-0.4, -0.2) is 30.3 Å². The number of pyridine rings is 1. The van der Waals surface area contributed by atoms with Gasteiger partial charge in [-0.25, -0.2) is 4.98 Å². The van der Waals surface area contributed by atoms with E-state index in [0.717, 1.165) is 22.4 Å². The maximum atomic E-state index is 13.8. The molecule has 0 fully saturated rings. The normalized spacial score (nSPS) is 12.0. The molecule has 0 atom stereocenters. The summed E-state index contributed by atoms with van der Waals surface area (Å²) in [5.41, 5.74) is 6.93. The van der Waals surface area contributed by atoms with Crippen molar-refractivity contribution in [3.05, 3.63) is 114 Å². The van der Waals surface area contributed by atoms with Gasteiger partial charge in [-0.3, -0.25) is 4.79 Å². The Kier molecular flexibility index (Phi) is 8.88. The molecule has 0 radical (unpaired) electrons. The lowest BCUT2D eigenvalue weighted by Crippen LogP contribution is -2.51. The van der Waals surface area contributed by atoms with Gasteiger partial charge in [0.05, 0.1) is 12.7 Å². The number of nitrogens with zero attached hydrogens (tertiary/aromatic N) is 2. The highest BCUT2D eigenvalue weighted by Gasteiger charge is 2.45. The number of hydrogen-bond acceptors (Lipinski definition) is 4. The zero-order valence-electron chi connectivity index (χ0n) is 26.3. The van der Waals surface area contributed by atoms with Crippen LogP contribution in [0, 0.1) is 0 Å². The van der Waals surface area contributed by atoms with Crippen molar-refractivity contribution in [2.45, 2.75) is 64.8 Å². The van der Waals surface area contributed by atoms with Gasteiger partial charge in [0, 0.05) is 28.2 Å². The first-order valence-electron chi connectivity index (χ1n) is 15.1. The quantitative estimate of drug-likeness (QED) is 0.114. The minimum absolute atomic E-state index is 0.115. The van der Waals surface area contributed by atoms with Crippen molar-refractivity contribution in [1.82, 2.24) is 9.22 Å². The molecule has 5 aromatic rings. The second-order valence-electron chi connectivity index (χ2n) is 12.2. The summed E-state index contributed by atoms with van der Waals surface area (Å²) in [5.74, 6) is 0.989. The number of carbonyl (C=O) groups is 1. The molecule has 0 unspecified atom stereocenters. The summed E-state index contributed by atoms with van der Waals surface area (Å²) >= 11 is 0. The largest absolute Gasteiger partial charge is 0.497 e. The minimum Gasteiger partial charge on any atom is -0.497 e.